The Hall–Kier alpha value is -1.01. The van der Waals surface area contributed by atoms with Crippen molar-refractivity contribution in [1.82, 2.24) is 5.32 Å². The number of ether oxygens (including phenoxy) is 1. The maximum Gasteiger partial charge on any atom is 0.316 e. The van der Waals surface area contributed by atoms with Gasteiger partial charge in [-0.05, 0) is 74.6 Å². The quantitative estimate of drug-likeness (QED) is 0.507. The number of rotatable bonds is 7. The molecule has 2 saturated carbocycles. The lowest BCUT2D eigenvalue weighted by Crippen LogP contribution is -2.42. The van der Waals surface area contributed by atoms with Crippen molar-refractivity contribution in [3.8, 4) is 0 Å². The van der Waals surface area contributed by atoms with Crippen LogP contribution in [0.1, 0.15) is 38.2 Å². The topological polar surface area (TPSA) is 55.4 Å². The van der Waals surface area contributed by atoms with E-state index in [1.165, 1.54) is 37.4 Å². The van der Waals surface area contributed by atoms with Gasteiger partial charge in [0.2, 0.25) is 0 Å². The number of aryl methyl sites for hydroxylation is 1. The SMILES string of the molecule is Cc1cc(Br)ccc1SCC(=O)OCC(=O)N[C@H](C)[C@@H]1C[C@H]2CC[C@H]1C2. The van der Waals surface area contributed by atoms with Crippen LogP contribution in [0.25, 0.3) is 0 Å². The molecule has 0 aromatic heterocycles. The van der Waals surface area contributed by atoms with E-state index in [0.29, 0.717) is 5.92 Å². The number of fused-ring (bicyclic) bond motifs is 2. The van der Waals surface area contributed by atoms with Gasteiger partial charge >= 0.3 is 5.97 Å². The minimum absolute atomic E-state index is 0.163. The molecule has 4 nitrogen and oxygen atoms in total. The second-order valence-electron chi connectivity index (χ2n) is 7.55. The highest BCUT2D eigenvalue weighted by molar-refractivity contribution is 9.10. The Morgan fingerprint density at radius 1 is 1.35 bits per heavy atom. The first-order valence-electron chi connectivity index (χ1n) is 9.26. The summed E-state index contributed by atoms with van der Waals surface area (Å²) in [6.07, 6.45) is 5.22. The van der Waals surface area contributed by atoms with Gasteiger partial charge in [-0.2, -0.15) is 0 Å². The largest absolute Gasteiger partial charge is 0.455 e. The number of hydrogen-bond donors (Lipinski definition) is 1. The molecule has 0 saturated heterocycles. The van der Waals surface area contributed by atoms with Crippen LogP contribution in [0.3, 0.4) is 0 Å². The number of hydrogen-bond acceptors (Lipinski definition) is 4. The van der Waals surface area contributed by atoms with Crippen LogP contribution >= 0.6 is 27.7 Å². The summed E-state index contributed by atoms with van der Waals surface area (Å²) in [6, 6.07) is 6.10. The fourth-order valence-corrected chi connectivity index (χ4v) is 5.69. The van der Waals surface area contributed by atoms with E-state index in [1.807, 2.05) is 25.1 Å². The average Bonchev–Trinajstić information content (AvgIpc) is 3.22. The molecule has 142 valence electrons. The van der Waals surface area contributed by atoms with Crippen LogP contribution in [0.5, 0.6) is 0 Å². The third-order valence-electron chi connectivity index (χ3n) is 5.67. The van der Waals surface area contributed by atoms with Crippen molar-refractivity contribution >= 4 is 39.6 Å². The van der Waals surface area contributed by atoms with Gasteiger partial charge in [0.15, 0.2) is 6.61 Å². The van der Waals surface area contributed by atoms with Gasteiger partial charge in [-0.15, -0.1) is 11.8 Å². The highest BCUT2D eigenvalue weighted by atomic mass is 79.9. The Labute approximate surface area is 168 Å². The van der Waals surface area contributed by atoms with E-state index >= 15 is 0 Å². The van der Waals surface area contributed by atoms with Crippen LogP contribution in [0.2, 0.25) is 0 Å². The fraction of sp³-hybridized carbons (Fsp3) is 0.600. The van der Waals surface area contributed by atoms with E-state index in [2.05, 4.69) is 28.2 Å². The summed E-state index contributed by atoms with van der Waals surface area (Å²) in [5, 5.41) is 3.02. The van der Waals surface area contributed by atoms with E-state index in [0.717, 1.165) is 26.8 Å². The maximum atomic E-state index is 12.1. The van der Waals surface area contributed by atoms with Crippen LogP contribution in [0, 0.1) is 24.7 Å². The molecule has 2 fully saturated rings. The zero-order chi connectivity index (χ0) is 18.7. The maximum absolute atomic E-state index is 12.1. The van der Waals surface area contributed by atoms with Crippen LogP contribution in [-0.2, 0) is 14.3 Å². The second kappa shape index (κ2) is 8.79. The van der Waals surface area contributed by atoms with E-state index in [1.54, 1.807) is 0 Å². The molecule has 26 heavy (non-hydrogen) atoms. The number of thioether (sulfide) groups is 1. The highest BCUT2D eigenvalue weighted by Crippen LogP contribution is 2.49. The summed E-state index contributed by atoms with van der Waals surface area (Å²) in [5.41, 5.74) is 1.11. The van der Waals surface area contributed by atoms with E-state index in [9.17, 15) is 9.59 Å². The Balaban J connectivity index is 1.36. The predicted octanol–water partition coefficient (Wildman–Crippen LogP) is 4.33. The van der Waals surface area contributed by atoms with Gasteiger partial charge in [0, 0.05) is 15.4 Å². The minimum atomic E-state index is -0.361. The van der Waals surface area contributed by atoms with Gasteiger partial charge < -0.3 is 10.1 Å². The van der Waals surface area contributed by atoms with Gasteiger partial charge in [0.05, 0.1) is 5.75 Å². The number of amides is 1. The third kappa shape index (κ3) is 5.03. The first kappa shape index (κ1) is 19.7. The van der Waals surface area contributed by atoms with E-state index in [4.69, 9.17) is 4.74 Å². The zero-order valence-electron chi connectivity index (χ0n) is 15.3. The van der Waals surface area contributed by atoms with E-state index in [-0.39, 0.29) is 30.3 Å². The molecule has 1 aromatic rings. The predicted molar refractivity (Wildman–Crippen MR) is 107 cm³/mol. The van der Waals surface area contributed by atoms with Gasteiger partial charge in [0.1, 0.15) is 0 Å². The van der Waals surface area contributed by atoms with Gasteiger partial charge in [-0.25, -0.2) is 0 Å². The summed E-state index contributed by atoms with van der Waals surface area (Å²) in [5.74, 6) is 1.87. The van der Waals surface area contributed by atoms with Crippen molar-refractivity contribution in [1.29, 1.82) is 0 Å². The Morgan fingerprint density at radius 3 is 2.81 bits per heavy atom. The van der Waals surface area contributed by atoms with Crippen molar-refractivity contribution in [2.75, 3.05) is 12.4 Å². The minimum Gasteiger partial charge on any atom is -0.455 e. The van der Waals surface area contributed by atoms with Gasteiger partial charge in [-0.1, -0.05) is 22.4 Å². The standard InChI is InChI=1S/C20H26BrNO3S/c1-12-7-16(21)5-6-18(12)26-11-20(24)25-10-19(23)22-13(2)17-9-14-3-4-15(17)8-14/h5-7,13-15,17H,3-4,8-11H2,1-2H3,(H,22,23)/t13-,14+,15+,17+/m1/s1. The van der Waals surface area contributed by atoms with Crippen molar-refractivity contribution in [3.63, 3.8) is 0 Å². The summed E-state index contributed by atoms with van der Waals surface area (Å²) < 4.78 is 6.15. The molecule has 1 N–H and O–H groups in total. The molecule has 2 bridgehead atoms. The van der Waals surface area contributed by atoms with Gasteiger partial charge in [0.25, 0.3) is 5.91 Å². The Kier molecular flexibility index (Phi) is 6.67. The molecular weight excluding hydrogens is 414 g/mol. The second-order valence-corrected chi connectivity index (χ2v) is 9.49. The summed E-state index contributed by atoms with van der Waals surface area (Å²) in [6.45, 7) is 3.89. The molecule has 6 heteroatoms. The number of esters is 1. The van der Waals surface area contributed by atoms with Crippen LogP contribution in [-0.4, -0.2) is 30.3 Å². The number of benzene rings is 1. The normalized spacial score (nSPS) is 25.1. The summed E-state index contributed by atoms with van der Waals surface area (Å²) >= 11 is 4.86. The van der Waals surface area contributed by atoms with E-state index < -0.39 is 0 Å². The molecule has 0 spiro atoms. The summed E-state index contributed by atoms with van der Waals surface area (Å²) in [7, 11) is 0. The molecule has 0 radical (unpaired) electrons. The molecular formula is C20H26BrNO3S. The van der Waals surface area contributed by atoms with Crippen molar-refractivity contribution in [2.45, 2.75) is 50.5 Å². The molecule has 0 unspecified atom stereocenters. The van der Waals surface area contributed by atoms with Crippen LogP contribution in [0.15, 0.2) is 27.6 Å². The molecule has 0 heterocycles. The Bertz CT molecular complexity index is 681. The first-order chi connectivity index (χ1) is 12.4. The molecule has 3 rings (SSSR count). The number of carbonyl (C=O) groups excluding carboxylic acids is 2. The fourth-order valence-electron chi connectivity index (χ4n) is 4.41. The summed E-state index contributed by atoms with van der Waals surface area (Å²) in [4.78, 5) is 25.0. The molecule has 4 atom stereocenters. The highest BCUT2D eigenvalue weighted by Gasteiger charge is 2.42. The van der Waals surface area contributed by atoms with Gasteiger partial charge in [-0.3, -0.25) is 9.59 Å². The van der Waals surface area contributed by atoms with Crippen LogP contribution in [0.4, 0.5) is 0 Å². The lowest BCUT2D eigenvalue weighted by molar-refractivity contribution is -0.146. The van der Waals surface area contributed by atoms with Crippen molar-refractivity contribution < 1.29 is 14.3 Å². The van der Waals surface area contributed by atoms with Crippen LogP contribution < -0.4 is 5.32 Å². The smallest absolute Gasteiger partial charge is 0.316 e. The monoisotopic (exact) mass is 439 g/mol. The number of carbonyl (C=O) groups is 2. The number of halogens is 1. The average molecular weight is 440 g/mol. The molecule has 2 aliphatic rings. The molecule has 1 aromatic carbocycles. The number of nitrogens with one attached hydrogen (secondary N) is 1. The Morgan fingerprint density at radius 2 is 2.15 bits per heavy atom. The molecule has 2 aliphatic carbocycles. The molecule has 0 aliphatic heterocycles. The zero-order valence-corrected chi connectivity index (χ0v) is 17.7. The third-order valence-corrected chi connectivity index (χ3v) is 7.31. The lowest BCUT2D eigenvalue weighted by Gasteiger charge is -2.28. The molecule has 1 amide bonds. The van der Waals surface area contributed by atoms with Crippen molar-refractivity contribution in [2.24, 2.45) is 17.8 Å². The first-order valence-corrected chi connectivity index (χ1v) is 11.0. The lowest BCUT2D eigenvalue weighted by atomic mass is 9.84. The van der Waals surface area contributed by atoms with Crippen molar-refractivity contribution in [3.05, 3.63) is 28.2 Å².